The second-order valence-electron chi connectivity index (χ2n) is 8.89. The molecule has 0 spiro atoms. The summed E-state index contributed by atoms with van der Waals surface area (Å²) in [4.78, 5) is 33.1. The zero-order valence-electron chi connectivity index (χ0n) is 19.5. The van der Waals surface area contributed by atoms with Gasteiger partial charge in [-0.2, -0.15) is 0 Å². The van der Waals surface area contributed by atoms with Crippen molar-refractivity contribution in [2.75, 3.05) is 36.8 Å². The molecule has 1 saturated carbocycles. The fourth-order valence-corrected chi connectivity index (χ4v) is 4.71. The van der Waals surface area contributed by atoms with Crippen LogP contribution in [0.3, 0.4) is 0 Å². The van der Waals surface area contributed by atoms with Gasteiger partial charge in [0, 0.05) is 55.2 Å². The number of fused-ring (bicyclic) bond motifs is 2. The third-order valence-corrected chi connectivity index (χ3v) is 6.62. The molecule has 4 N–H and O–H groups in total. The van der Waals surface area contributed by atoms with Crippen molar-refractivity contribution < 1.29 is 9.59 Å². The van der Waals surface area contributed by atoms with Gasteiger partial charge in [0.15, 0.2) is 5.82 Å². The van der Waals surface area contributed by atoms with E-state index >= 15 is 0 Å². The van der Waals surface area contributed by atoms with Gasteiger partial charge in [0.25, 0.3) is 0 Å². The molecule has 3 atom stereocenters. The Bertz CT molecular complexity index is 1070. The van der Waals surface area contributed by atoms with Crippen molar-refractivity contribution in [3.05, 3.63) is 47.0 Å². The molecule has 8 nitrogen and oxygen atoms in total. The smallest absolute Gasteiger partial charge is 0.223 e. The Labute approximate surface area is 205 Å². The molecule has 1 fully saturated rings. The first kappa shape index (κ1) is 24.0. The van der Waals surface area contributed by atoms with Gasteiger partial charge in [-0.25, -0.2) is 9.97 Å². The van der Waals surface area contributed by atoms with Crippen molar-refractivity contribution in [3.63, 3.8) is 0 Å². The number of carbonyl (C=O) groups excluding carboxylic acids is 2. The molecular formula is C25H31ClN6O2. The summed E-state index contributed by atoms with van der Waals surface area (Å²) >= 11 is 6.04. The summed E-state index contributed by atoms with van der Waals surface area (Å²) in [5, 5.41) is 13.1. The second kappa shape index (κ2) is 10.9. The van der Waals surface area contributed by atoms with Crippen LogP contribution < -0.4 is 21.3 Å². The van der Waals surface area contributed by atoms with Gasteiger partial charge < -0.3 is 21.3 Å². The summed E-state index contributed by atoms with van der Waals surface area (Å²) in [5.41, 5.74) is 1.71. The van der Waals surface area contributed by atoms with Gasteiger partial charge in [0.2, 0.25) is 11.8 Å². The Kier molecular flexibility index (Phi) is 7.67. The molecule has 2 amide bonds. The van der Waals surface area contributed by atoms with Gasteiger partial charge in [-0.3, -0.25) is 9.59 Å². The summed E-state index contributed by atoms with van der Waals surface area (Å²) in [5.74, 6) is 3.08. The lowest BCUT2D eigenvalue weighted by Gasteiger charge is -2.18. The number of hydrogen-bond acceptors (Lipinski definition) is 6. The number of hydrogen-bond donors (Lipinski definition) is 4. The largest absolute Gasteiger partial charge is 0.368 e. The van der Waals surface area contributed by atoms with Crippen LogP contribution in [0.5, 0.6) is 0 Å². The molecule has 2 bridgehead atoms. The number of benzene rings is 1. The fourth-order valence-electron chi connectivity index (χ4n) is 4.59. The SMILES string of the molecule is CC(=O)NCCNc1nc(-c2ccc(Cl)cc2)nc(NCCNC(=O)C2CC3C=CC2C3)c1C. The van der Waals surface area contributed by atoms with E-state index in [1.807, 2.05) is 19.1 Å². The van der Waals surface area contributed by atoms with Crippen molar-refractivity contribution in [1.82, 2.24) is 20.6 Å². The molecule has 0 aliphatic heterocycles. The van der Waals surface area contributed by atoms with Crippen LogP contribution in [0, 0.1) is 24.7 Å². The third-order valence-electron chi connectivity index (χ3n) is 6.37. The highest BCUT2D eigenvalue weighted by molar-refractivity contribution is 6.30. The molecule has 1 heterocycles. The molecule has 2 aromatic rings. The topological polar surface area (TPSA) is 108 Å². The number of rotatable bonds is 10. The van der Waals surface area contributed by atoms with E-state index in [0.29, 0.717) is 60.5 Å². The molecule has 2 aliphatic carbocycles. The average molecular weight is 483 g/mol. The lowest BCUT2D eigenvalue weighted by Crippen LogP contribution is -2.35. The maximum absolute atomic E-state index is 12.6. The highest BCUT2D eigenvalue weighted by atomic mass is 35.5. The van der Waals surface area contributed by atoms with Gasteiger partial charge in [-0.05, 0) is 55.9 Å². The van der Waals surface area contributed by atoms with Crippen LogP contribution in [0.25, 0.3) is 11.4 Å². The maximum atomic E-state index is 12.6. The number of carbonyl (C=O) groups is 2. The van der Waals surface area contributed by atoms with E-state index < -0.39 is 0 Å². The van der Waals surface area contributed by atoms with Crippen molar-refractivity contribution >= 4 is 35.1 Å². The Balaban J connectivity index is 1.40. The lowest BCUT2D eigenvalue weighted by atomic mass is 9.93. The molecule has 3 unspecified atom stereocenters. The lowest BCUT2D eigenvalue weighted by molar-refractivity contribution is -0.125. The number of nitrogens with one attached hydrogen (secondary N) is 4. The van der Waals surface area contributed by atoms with Crippen LogP contribution in [0.2, 0.25) is 5.02 Å². The highest BCUT2D eigenvalue weighted by Gasteiger charge is 2.39. The molecule has 0 radical (unpaired) electrons. The van der Waals surface area contributed by atoms with Gasteiger partial charge in [-0.15, -0.1) is 0 Å². The van der Waals surface area contributed by atoms with Crippen molar-refractivity contribution in [3.8, 4) is 11.4 Å². The maximum Gasteiger partial charge on any atom is 0.223 e. The first-order valence-electron chi connectivity index (χ1n) is 11.7. The number of allylic oxidation sites excluding steroid dienone is 2. The van der Waals surface area contributed by atoms with Crippen LogP contribution in [-0.2, 0) is 9.59 Å². The van der Waals surface area contributed by atoms with Crippen molar-refractivity contribution in [2.45, 2.75) is 26.7 Å². The van der Waals surface area contributed by atoms with E-state index in [1.54, 1.807) is 12.1 Å². The predicted octanol–water partition coefficient (Wildman–Crippen LogP) is 3.39. The van der Waals surface area contributed by atoms with E-state index in [-0.39, 0.29) is 17.7 Å². The minimum absolute atomic E-state index is 0.0751. The Morgan fingerprint density at radius 2 is 1.59 bits per heavy atom. The summed E-state index contributed by atoms with van der Waals surface area (Å²) in [6.45, 7) is 5.51. The molecule has 2 aliphatic rings. The molecule has 0 saturated heterocycles. The van der Waals surface area contributed by atoms with Crippen LogP contribution in [0.15, 0.2) is 36.4 Å². The molecule has 180 valence electrons. The molecule has 1 aromatic heterocycles. The molecule has 1 aromatic carbocycles. The quantitative estimate of drug-likeness (QED) is 0.305. The predicted molar refractivity (Wildman–Crippen MR) is 135 cm³/mol. The Morgan fingerprint density at radius 3 is 2.15 bits per heavy atom. The van der Waals surface area contributed by atoms with Crippen LogP contribution >= 0.6 is 11.6 Å². The Morgan fingerprint density at radius 1 is 0.941 bits per heavy atom. The monoisotopic (exact) mass is 482 g/mol. The van der Waals surface area contributed by atoms with E-state index in [9.17, 15) is 9.59 Å². The first-order valence-corrected chi connectivity index (χ1v) is 12.1. The molecule has 4 rings (SSSR count). The van der Waals surface area contributed by atoms with Crippen LogP contribution in [0.4, 0.5) is 11.6 Å². The zero-order valence-corrected chi connectivity index (χ0v) is 20.3. The Hall–Kier alpha value is -3.13. The van der Waals surface area contributed by atoms with E-state index in [4.69, 9.17) is 16.6 Å². The number of halogens is 1. The van der Waals surface area contributed by atoms with E-state index in [2.05, 4.69) is 38.4 Å². The number of aromatic nitrogens is 2. The minimum Gasteiger partial charge on any atom is -0.368 e. The van der Waals surface area contributed by atoms with E-state index in [1.165, 1.54) is 6.92 Å². The summed E-state index contributed by atoms with van der Waals surface area (Å²) in [6.07, 6.45) is 6.51. The molecule has 9 heteroatoms. The summed E-state index contributed by atoms with van der Waals surface area (Å²) in [6, 6.07) is 7.36. The van der Waals surface area contributed by atoms with Gasteiger partial charge in [0.1, 0.15) is 11.6 Å². The van der Waals surface area contributed by atoms with Crippen molar-refractivity contribution in [1.29, 1.82) is 0 Å². The second-order valence-corrected chi connectivity index (χ2v) is 9.33. The van der Waals surface area contributed by atoms with Gasteiger partial charge >= 0.3 is 0 Å². The van der Waals surface area contributed by atoms with Crippen LogP contribution in [0.1, 0.15) is 25.3 Å². The number of nitrogens with zero attached hydrogens (tertiary/aromatic N) is 2. The average Bonchev–Trinajstić information content (AvgIpc) is 3.45. The van der Waals surface area contributed by atoms with Crippen LogP contribution in [-0.4, -0.2) is 48.0 Å². The first-order chi connectivity index (χ1) is 16.4. The van der Waals surface area contributed by atoms with Gasteiger partial charge in [0.05, 0.1) is 0 Å². The summed E-state index contributed by atoms with van der Waals surface area (Å²) < 4.78 is 0. The summed E-state index contributed by atoms with van der Waals surface area (Å²) in [7, 11) is 0. The van der Waals surface area contributed by atoms with E-state index in [0.717, 1.165) is 24.0 Å². The third kappa shape index (κ3) is 5.86. The fraction of sp³-hybridized carbons (Fsp3) is 0.440. The highest BCUT2D eigenvalue weighted by Crippen LogP contribution is 2.43. The molecule has 34 heavy (non-hydrogen) atoms. The van der Waals surface area contributed by atoms with Gasteiger partial charge in [-0.1, -0.05) is 23.8 Å². The normalized spacial score (nSPS) is 20.3. The standard InChI is InChI=1S/C25H31ClN6O2/c1-15-22(28-10-9-27-16(2)33)31-24(18-5-7-20(26)8-6-18)32-23(15)29-11-12-30-25(34)21-14-17-3-4-19(21)13-17/h3-8,17,19,21H,9-14H2,1-2H3,(H,27,33)(H,30,34)(H2,28,29,31,32). The number of anilines is 2. The van der Waals surface area contributed by atoms with Crippen molar-refractivity contribution in [2.24, 2.45) is 17.8 Å². The molecular weight excluding hydrogens is 452 g/mol. The zero-order chi connectivity index (χ0) is 24.1. The minimum atomic E-state index is -0.0751. The number of amides is 2.